The van der Waals surface area contributed by atoms with Gasteiger partial charge in [-0.1, -0.05) is 30.3 Å². The van der Waals surface area contributed by atoms with Gasteiger partial charge in [-0.2, -0.15) is 0 Å². The number of anilines is 1. The van der Waals surface area contributed by atoms with Gasteiger partial charge in [0.05, 0.1) is 0 Å². The second-order valence-corrected chi connectivity index (χ2v) is 4.98. The third kappa shape index (κ3) is 3.22. The van der Waals surface area contributed by atoms with Crippen LogP contribution in [0.5, 0.6) is 0 Å². The highest BCUT2D eigenvalue weighted by atomic mass is 16.5. The standard InChI is InChI=1S/C16H15N3O3/c20-15-14(8-12-9-17-7-6-13(12)18-15)19-16(21)22-10-11-4-2-1-3-5-11/h1-7,9,14H,8,10H2,(H,18,20)(H,19,21). The van der Waals surface area contributed by atoms with Gasteiger partial charge in [0.25, 0.3) is 0 Å². The Morgan fingerprint density at radius 2 is 2.14 bits per heavy atom. The van der Waals surface area contributed by atoms with Gasteiger partial charge in [0, 0.05) is 24.5 Å². The third-order valence-corrected chi connectivity index (χ3v) is 3.41. The maximum atomic E-state index is 12.0. The lowest BCUT2D eigenvalue weighted by Crippen LogP contribution is -2.47. The maximum absolute atomic E-state index is 12.0. The highest BCUT2D eigenvalue weighted by Gasteiger charge is 2.27. The fourth-order valence-corrected chi connectivity index (χ4v) is 2.27. The van der Waals surface area contributed by atoms with Gasteiger partial charge in [0.15, 0.2) is 0 Å². The molecule has 0 radical (unpaired) electrons. The molecule has 1 aliphatic rings. The molecule has 1 aromatic carbocycles. The summed E-state index contributed by atoms with van der Waals surface area (Å²) in [4.78, 5) is 27.8. The van der Waals surface area contributed by atoms with Crippen LogP contribution >= 0.6 is 0 Å². The SMILES string of the molecule is O=C(NC1Cc2cnccc2NC1=O)OCc1ccccc1. The summed E-state index contributed by atoms with van der Waals surface area (Å²) in [5.41, 5.74) is 2.51. The van der Waals surface area contributed by atoms with Crippen molar-refractivity contribution in [2.24, 2.45) is 0 Å². The first-order valence-electron chi connectivity index (χ1n) is 6.93. The zero-order valence-electron chi connectivity index (χ0n) is 11.8. The van der Waals surface area contributed by atoms with Crippen molar-refractivity contribution < 1.29 is 14.3 Å². The van der Waals surface area contributed by atoms with Crippen LogP contribution in [0.2, 0.25) is 0 Å². The Labute approximate surface area is 127 Å². The molecule has 0 bridgehead atoms. The van der Waals surface area contributed by atoms with Crippen molar-refractivity contribution in [1.82, 2.24) is 10.3 Å². The lowest BCUT2D eigenvalue weighted by atomic mass is 10.0. The number of carbonyl (C=O) groups excluding carboxylic acids is 2. The van der Waals surface area contributed by atoms with E-state index in [9.17, 15) is 9.59 Å². The Morgan fingerprint density at radius 3 is 2.95 bits per heavy atom. The molecule has 3 rings (SSSR count). The van der Waals surface area contributed by atoms with Gasteiger partial charge in [-0.3, -0.25) is 9.78 Å². The lowest BCUT2D eigenvalue weighted by molar-refractivity contribution is -0.118. The molecule has 0 fully saturated rings. The number of amides is 2. The van der Waals surface area contributed by atoms with Crippen LogP contribution in [0.3, 0.4) is 0 Å². The van der Waals surface area contributed by atoms with Gasteiger partial charge in [-0.05, 0) is 17.2 Å². The summed E-state index contributed by atoms with van der Waals surface area (Å²) < 4.78 is 5.12. The molecule has 2 N–H and O–H groups in total. The van der Waals surface area contributed by atoms with E-state index >= 15 is 0 Å². The first kappa shape index (κ1) is 14.1. The first-order valence-corrected chi connectivity index (χ1v) is 6.93. The van der Waals surface area contributed by atoms with Crippen LogP contribution in [0.15, 0.2) is 48.8 Å². The fraction of sp³-hybridized carbons (Fsp3) is 0.188. The first-order chi connectivity index (χ1) is 10.7. The number of pyridine rings is 1. The molecular formula is C16H15N3O3. The van der Waals surface area contributed by atoms with Crippen molar-refractivity contribution in [3.05, 3.63) is 59.9 Å². The summed E-state index contributed by atoms with van der Waals surface area (Å²) in [6, 6.07) is 10.4. The van der Waals surface area contributed by atoms with Crippen LogP contribution in [0, 0.1) is 0 Å². The minimum Gasteiger partial charge on any atom is -0.445 e. The smallest absolute Gasteiger partial charge is 0.408 e. The van der Waals surface area contributed by atoms with Crippen molar-refractivity contribution >= 4 is 17.7 Å². The average Bonchev–Trinajstić information content (AvgIpc) is 2.55. The Morgan fingerprint density at radius 1 is 1.32 bits per heavy atom. The quantitative estimate of drug-likeness (QED) is 0.906. The molecule has 1 atom stereocenters. The van der Waals surface area contributed by atoms with Gasteiger partial charge >= 0.3 is 6.09 Å². The van der Waals surface area contributed by atoms with E-state index in [0.717, 1.165) is 16.8 Å². The van der Waals surface area contributed by atoms with Crippen LogP contribution in [-0.2, 0) is 22.6 Å². The molecule has 1 aliphatic heterocycles. The van der Waals surface area contributed by atoms with Gasteiger partial charge < -0.3 is 15.4 Å². The monoisotopic (exact) mass is 297 g/mol. The van der Waals surface area contributed by atoms with Crippen LogP contribution in [0.25, 0.3) is 0 Å². The molecule has 0 spiro atoms. The lowest BCUT2D eigenvalue weighted by Gasteiger charge is -2.24. The highest BCUT2D eigenvalue weighted by Crippen LogP contribution is 2.20. The van der Waals surface area contributed by atoms with Crippen molar-refractivity contribution in [1.29, 1.82) is 0 Å². The third-order valence-electron chi connectivity index (χ3n) is 3.41. The molecule has 6 nitrogen and oxygen atoms in total. The topological polar surface area (TPSA) is 80.3 Å². The van der Waals surface area contributed by atoms with Crippen LogP contribution in [0.4, 0.5) is 10.5 Å². The molecule has 22 heavy (non-hydrogen) atoms. The molecule has 6 heteroatoms. The fourth-order valence-electron chi connectivity index (χ4n) is 2.27. The number of hydrogen-bond acceptors (Lipinski definition) is 4. The van der Waals surface area contributed by atoms with Crippen LogP contribution in [-0.4, -0.2) is 23.0 Å². The molecule has 2 aromatic rings. The zero-order chi connectivity index (χ0) is 15.4. The Balaban J connectivity index is 1.57. The summed E-state index contributed by atoms with van der Waals surface area (Å²) in [5, 5.41) is 5.32. The van der Waals surface area contributed by atoms with E-state index in [4.69, 9.17) is 4.74 Å². The number of alkyl carbamates (subject to hydrolysis) is 1. The van der Waals surface area contributed by atoms with Crippen molar-refractivity contribution in [3.8, 4) is 0 Å². The predicted molar refractivity (Wildman–Crippen MR) is 80.1 cm³/mol. The number of nitrogens with zero attached hydrogens (tertiary/aromatic N) is 1. The molecular weight excluding hydrogens is 282 g/mol. The Bertz CT molecular complexity index is 688. The van der Waals surface area contributed by atoms with Gasteiger partial charge in [-0.15, -0.1) is 0 Å². The predicted octanol–water partition coefficient (Wildman–Crippen LogP) is 1.87. The van der Waals surface area contributed by atoms with Crippen molar-refractivity contribution in [2.75, 3.05) is 5.32 Å². The molecule has 1 unspecified atom stereocenters. The van der Waals surface area contributed by atoms with E-state index in [2.05, 4.69) is 15.6 Å². The van der Waals surface area contributed by atoms with E-state index in [-0.39, 0.29) is 12.5 Å². The van der Waals surface area contributed by atoms with Gasteiger partial charge in [-0.25, -0.2) is 4.79 Å². The van der Waals surface area contributed by atoms with Crippen LogP contribution in [0.1, 0.15) is 11.1 Å². The summed E-state index contributed by atoms with van der Waals surface area (Å²) in [7, 11) is 0. The average molecular weight is 297 g/mol. The molecule has 2 heterocycles. The van der Waals surface area contributed by atoms with Crippen molar-refractivity contribution in [3.63, 3.8) is 0 Å². The number of fused-ring (bicyclic) bond motifs is 1. The summed E-state index contributed by atoms with van der Waals surface area (Å²) in [6.07, 6.45) is 3.08. The van der Waals surface area contributed by atoms with Crippen molar-refractivity contribution in [2.45, 2.75) is 19.1 Å². The van der Waals surface area contributed by atoms with E-state index in [1.54, 1.807) is 18.5 Å². The zero-order valence-corrected chi connectivity index (χ0v) is 11.8. The largest absolute Gasteiger partial charge is 0.445 e. The molecule has 0 saturated heterocycles. The van der Waals surface area contributed by atoms with Crippen LogP contribution < -0.4 is 10.6 Å². The second kappa shape index (κ2) is 6.26. The Kier molecular flexibility index (Phi) is 4.00. The second-order valence-electron chi connectivity index (χ2n) is 4.98. The molecule has 2 amide bonds. The normalized spacial score (nSPS) is 16.4. The molecule has 1 aromatic heterocycles. The minimum atomic E-state index is -0.653. The molecule has 0 saturated carbocycles. The number of hydrogen-bond donors (Lipinski definition) is 2. The number of carbonyl (C=O) groups is 2. The molecule has 0 aliphatic carbocycles. The van der Waals surface area contributed by atoms with E-state index in [0.29, 0.717) is 6.42 Å². The summed E-state index contributed by atoms with van der Waals surface area (Å²) in [6.45, 7) is 0.166. The summed E-state index contributed by atoms with van der Waals surface area (Å²) in [5.74, 6) is -0.254. The van der Waals surface area contributed by atoms with E-state index in [1.807, 2.05) is 30.3 Å². The summed E-state index contributed by atoms with van der Waals surface area (Å²) >= 11 is 0. The highest BCUT2D eigenvalue weighted by molar-refractivity contribution is 5.99. The maximum Gasteiger partial charge on any atom is 0.408 e. The number of benzene rings is 1. The number of aromatic nitrogens is 1. The number of ether oxygens (including phenoxy) is 1. The Hall–Kier alpha value is -2.89. The minimum absolute atomic E-state index is 0.166. The number of rotatable bonds is 3. The van der Waals surface area contributed by atoms with Gasteiger partial charge in [0.2, 0.25) is 5.91 Å². The van der Waals surface area contributed by atoms with Gasteiger partial charge in [0.1, 0.15) is 12.6 Å². The van der Waals surface area contributed by atoms with E-state index in [1.165, 1.54) is 0 Å². The molecule has 112 valence electrons. The number of nitrogens with one attached hydrogen (secondary N) is 2. The van der Waals surface area contributed by atoms with E-state index < -0.39 is 12.1 Å².